The summed E-state index contributed by atoms with van der Waals surface area (Å²) < 4.78 is 3.19. The Labute approximate surface area is 137 Å². The molecular formula is C16H29BrN4. The number of halogens is 1. The average molecular weight is 357 g/mol. The van der Waals surface area contributed by atoms with Crippen molar-refractivity contribution in [2.75, 3.05) is 13.1 Å². The van der Waals surface area contributed by atoms with Gasteiger partial charge in [-0.05, 0) is 35.2 Å². The van der Waals surface area contributed by atoms with Crippen LogP contribution in [-0.2, 0) is 13.6 Å². The van der Waals surface area contributed by atoms with Crippen molar-refractivity contribution in [3.63, 3.8) is 0 Å². The largest absolute Gasteiger partial charge is 0.311 e. The van der Waals surface area contributed by atoms with Gasteiger partial charge in [0.2, 0.25) is 0 Å². The molecule has 120 valence electrons. The zero-order valence-corrected chi connectivity index (χ0v) is 15.6. The lowest BCUT2D eigenvalue weighted by molar-refractivity contribution is 0.0859. The molecule has 2 unspecified atom stereocenters. The van der Waals surface area contributed by atoms with Gasteiger partial charge in [-0.3, -0.25) is 9.58 Å². The first-order valence-corrected chi connectivity index (χ1v) is 8.88. The first-order chi connectivity index (χ1) is 9.93. The van der Waals surface area contributed by atoms with Crippen molar-refractivity contribution < 1.29 is 0 Å². The van der Waals surface area contributed by atoms with Gasteiger partial charge in [-0.25, -0.2) is 0 Å². The van der Waals surface area contributed by atoms with Crippen LogP contribution in [0.2, 0.25) is 0 Å². The number of piperazine rings is 1. The third kappa shape index (κ3) is 3.88. The Bertz CT molecular complexity index is 469. The van der Waals surface area contributed by atoms with Crippen LogP contribution in [0.5, 0.6) is 0 Å². The van der Waals surface area contributed by atoms with Gasteiger partial charge in [0.1, 0.15) is 0 Å². The summed E-state index contributed by atoms with van der Waals surface area (Å²) in [5, 5.41) is 8.25. The maximum Gasteiger partial charge on any atom is 0.0739 e. The van der Waals surface area contributed by atoms with Crippen molar-refractivity contribution in [2.24, 2.45) is 13.0 Å². The second-order valence-electron chi connectivity index (χ2n) is 6.60. The monoisotopic (exact) mass is 356 g/mol. The summed E-state index contributed by atoms with van der Waals surface area (Å²) in [6.07, 6.45) is 2.50. The molecule has 21 heavy (non-hydrogen) atoms. The number of nitrogens with zero attached hydrogens (tertiary/aromatic N) is 3. The molecule has 0 bridgehead atoms. The molecule has 1 saturated heterocycles. The highest BCUT2D eigenvalue weighted by Crippen LogP contribution is 2.25. The Morgan fingerprint density at radius 1 is 1.43 bits per heavy atom. The summed E-state index contributed by atoms with van der Waals surface area (Å²) in [5.41, 5.74) is 2.36. The van der Waals surface area contributed by atoms with Crippen molar-refractivity contribution >= 4 is 15.9 Å². The number of nitrogens with one attached hydrogen (secondary N) is 1. The Balaban J connectivity index is 2.15. The quantitative estimate of drug-likeness (QED) is 0.879. The van der Waals surface area contributed by atoms with E-state index in [1.807, 2.05) is 11.7 Å². The van der Waals surface area contributed by atoms with E-state index in [9.17, 15) is 0 Å². The van der Waals surface area contributed by atoms with Crippen LogP contribution in [0.15, 0.2) is 4.47 Å². The van der Waals surface area contributed by atoms with E-state index in [-0.39, 0.29) is 0 Å². The molecule has 0 aliphatic carbocycles. The maximum absolute atomic E-state index is 4.53. The van der Waals surface area contributed by atoms with Crippen LogP contribution in [0.1, 0.15) is 45.0 Å². The molecule has 1 aliphatic heterocycles. The van der Waals surface area contributed by atoms with Crippen LogP contribution >= 0.6 is 15.9 Å². The summed E-state index contributed by atoms with van der Waals surface area (Å²) in [4.78, 5) is 2.64. The average Bonchev–Trinajstić information content (AvgIpc) is 2.66. The van der Waals surface area contributed by atoms with Crippen LogP contribution in [0.4, 0.5) is 0 Å². The number of rotatable bonds is 5. The van der Waals surface area contributed by atoms with Gasteiger partial charge in [-0.1, -0.05) is 27.2 Å². The van der Waals surface area contributed by atoms with Crippen LogP contribution in [0.25, 0.3) is 0 Å². The number of aromatic nitrogens is 2. The Hall–Kier alpha value is -0.390. The zero-order valence-electron chi connectivity index (χ0n) is 14.0. The predicted octanol–water partition coefficient (Wildman–Crippen LogP) is 3.09. The van der Waals surface area contributed by atoms with Gasteiger partial charge < -0.3 is 5.32 Å². The van der Waals surface area contributed by atoms with E-state index in [4.69, 9.17) is 0 Å². The van der Waals surface area contributed by atoms with Crippen molar-refractivity contribution in [3.05, 3.63) is 15.9 Å². The molecule has 0 aromatic carbocycles. The van der Waals surface area contributed by atoms with Crippen LogP contribution in [0.3, 0.4) is 0 Å². The van der Waals surface area contributed by atoms with E-state index >= 15 is 0 Å². The molecule has 4 nitrogen and oxygen atoms in total. The molecule has 0 spiro atoms. The number of hydrogen-bond acceptors (Lipinski definition) is 3. The molecule has 0 saturated carbocycles. The Morgan fingerprint density at radius 2 is 2.14 bits per heavy atom. The van der Waals surface area contributed by atoms with Gasteiger partial charge in [-0.2, -0.15) is 5.10 Å². The van der Waals surface area contributed by atoms with Gasteiger partial charge in [0, 0.05) is 38.8 Å². The number of hydrogen-bond donors (Lipinski definition) is 1. The Kier molecular flexibility index (Phi) is 5.86. The molecule has 1 N–H and O–H groups in total. The van der Waals surface area contributed by atoms with Gasteiger partial charge in [-0.15, -0.1) is 0 Å². The topological polar surface area (TPSA) is 33.1 Å². The van der Waals surface area contributed by atoms with E-state index in [1.165, 1.54) is 18.5 Å². The first kappa shape index (κ1) is 17.0. The van der Waals surface area contributed by atoms with Gasteiger partial charge in [0.15, 0.2) is 0 Å². The predicted molar refractivity (Wildman–Crippen MR) is 91.4 cm³/mol. The number of aryl methyl sites for hydroxylation is 2. The highest BCUT2D eigenvalue weighted by Gasteiger charge is 2.30. The molecule has 1 aliphatic rings. The molecule has 2 heterocycles. The van der Waals surface area contributed by atoms with Crippen LogP contribution in [-0.4, -0.2) is 39.9 Å². The fourth-order valence-corrected chi connectivity index (χ4v) is 3.79. The zero-order chi connectivity index (χ0) is 15.6. The third-order valence-electron chi connectivity index (χ3n) is 4.56. The van der Waals surface area contributed by atoms with Crippen LogP contribution < -0.4 is 5.32 Å². The molecule has 0 amide bonds. The molecule has 1 aromatic rings. The molecule has 0 radical (unpaired) electrons. The maximum atomic E-state index is 4.53. The second kappa shape index (κ2) is 7.25. The van der Waals surface area contributed by atoms with Crippen molar-refractivity contribution in [2.45, 2.75) is 59.2 Å². The summed E-state index contributed by atoms with van der Waals surface area (Å²) in [6, 6.07) is 1.22. The minimum atomic E-state index is 0.597. The van der Waals surface area contributed by atoms with Crippen LogP contribution in [0, 0.1) is 12.8 Å². The fraction of sp³-hybridized carbons (Fsp3) is 0.812. The lowest BCUT2D eigenvalue weighted by atomic mass is 9.97. The minimum Gasteiger partial charge on any atom is -0.311 e. The van der Waals surface area contributed by atoms with Gasteiger partial charge in [0.25, 0.3) is 0 Å². The minimum absolute atomic E-state index is 0.597. The summed E-state index contributed by atoms with van der Waals surface area (Å²) in [7, 11) is 2.04. The molecule has 2 atom stereocenters. The summed E-state index contributed by atoms with van der Waals surface area (Å²) >= 11 is 3.71. The lowest BCUT2D eigenvalue weighted by Gasteiger charge is -2.42. The fourth-order valence-electron chi connectivity index (χ4n) is 3.32. The van der Waals surface area contributed by atoms with Crippen molar-refractivity contribution in [3.8, 4) is 0 Å². The van der Waals surface area contributed by atoms with Gasteiger partial charge in [0.05, 0.1) is 15.9 Å². The van der Waals surface area contributed by atoms with E-state index in [0.29, 0.717) is 18.0 Å². The Morgan fingerprint density at radius 3 is 2.67 bits per heavy atom. The van der Waals surface area contributed by atoms with E-state index < -0.39 is 0 Å². The molecule has 2 rings (SSSR count). The summed E-state index contributed by atoms with van der Waals surface area (Å²) in [5.74, 6) is 0.660. The van der Waals surface area contributed by atoms with Gasteiger partial charge >= 0.3 is 0 Å². The van der Waals surface area contributed by atoms with Crippen molar-refractivity contribution in [1.82, 2.24) is 20.0 Å². The molecule has 1 fully saturated rings. The molecule has 5 heteroatoms. The SMILES string of the molecule is CCCC1CN(Cc2c(Br)c(C)nn2C)C(C(C)C)CN1. The molecule has 1 aromatic heterocycles. The highest BCUT2D eigenvalue weighted by atomic mass is 79.9. The van der Waals surface area contributed by atoms with E-state index in [1.54, 1.807) is 0 Å². The second-order valence-corrected chi connectivity index (χ2v) is 7.40. The standard InChI is InChI=1S/C16H29BrN4/c1-6-7-13-9-21(14(8-18-13)11(2)3)10-15-16(17)12(4)19-20(15)5/h11,13-14,18H,6-10H2,1-5H3. The highest BCUT2D eigenvalue weighted by molar-refractivity contribution is 9.10. The molecular weight excluding hydrogens is 328 g/mol. The summed E-state index contributed by atoms with van der Waals surface area (Å²) in [6.45, 7) is 12.2. The van der Waals surface area contributed by atoms with Crippen molar-refractivity contribution in [1.29, 1.82) is 0 Å². The smallest absolute Gasteiger partial charge is 0.0739 e. The lowest BCUT2D eigenvalue weighted by Crippen LogP contribution is -2.57. The first-order valence-electron chi connectivity index (χ1n) is 8.09. The van der Waals surface area contributed by atoms with E-state index in [0.717, 1.165) is 29.8 Å². The normalized spacial score (nSPS) is 24.0. The third-order valence-corrected chi connectivity index (χ3v) is 5.59. The van der Waals surface area contributed by atoms with E-state index in [2.05, 4.69) is 58.9 Å².